The number of aliphatic carboxylic acids is 1. The maximum atomic E-state index is 10.7. The van der Waals surface area contributed by atoms with Crippen LogP contribution < -0.4 is 0 Å². The summed E-state index contributed by atoms with van der Waals surface area (Å²) < 4.78 is 2.08. The van der Waals surface area contributed by atoms with Gasteiger partial charge in [0, 0.05) is 13.5 Å². The number of benzene rings is 1. The standard InChI is InChI=1S/C14H18N2O2/c1-4-13-15-11-6-5-10(8-12(11)16(13)3)9(2)7-14(17)18/h5-6,8-9H,4,7H2,1-3H3,(H,17,18). The van der Waals surface area contributed by atoms with E-state index in [0.29, 0.717) is 0 Å². The van der Waals surface area contributed by atoms with Crippen LogP contribution in [0.4, 0.5) is 0 Å². The summed E-state index contributed by atoms with van der Waals surface area (Å²) in [6, 6.07) is 6.00. The Morgan fingerprint density at radius 3 is 2.83 bits per heavy atom. The van der Waals surface area contributed by atoms with Crippen molar-refractivity contribution in [2.75, 3.05) is 0 Å². The topological polar surface area (TPSA) is 55.1 Å². The van der Waals surface area contributed by atoms with Crippen LogP contribution >= 0.6 is 0 Å². The third kappa shape index (κ3) is 2.23. The Morgan fingerprint density at radius 1 is 1.50 bits per heavy atom. The maximum Gasteiger partial charge on any atom is 0.303 e. The second kappa shape index (κ2) is 4.80. The first-order valence-corrected chi connectivity index (χ1v) is 6.20. The molecule has 2 aromatic rings. The molecule has 1 aromatic heterocycles. The normalized spacial score (nSPS) is 12.8. The van der Waals surface area contributed by atoms with Crippen molar-refractivity contribution in [3.05, 3.63) is 29.6 Å². The van der Waals surface area contributed by atoms with E-state index in [0.717, 1.165) is 28.8 Å². The van der Waals surface area contributed by atoms with Crippen LogP contribution in [0.1, 0.15) is 37.6 Å². The van der Waals surface area contributed by atoms with Crippen LogP contribution in [0.15, 0.2) is 18.2 Å². The van der Waals surface area contributed by atoms with Crippen LogP contribution in [0, 0.1) is 0 Å². The van der Waals surface area contributed by atoms with E-state index in [-0.39, 0.29) is 12.3 Å². The van der Waals surface area contributed by atoms with Crippen molar-refractivity contribution in [2.24, 2.45) is 7.05 Å². The minimum absolute atomic E-state index is 0.0203. The summed E-state index contributed by atoms with van der Waals surface area (Å²) in [6.07, 6.45) is 1.05. The Bertz CT molecular complexity index is 587. The largest absolute Gasteiger partial charge is 0.481 e. The SMILES string of the molecule is CCc1nc2ccc(C(C)CC(=O)O)cc2n1C. The molecule has 96 valence electrons. The Labute approximate surface area is 106 Å². The second-order valence-electron chi connectivity index (χ2n) is 4.69. The smallest absolute Gasteiger partial charge is 0.303 e. The number of aryl methyl sites for hydroxylation is 2. The average Bonchev–Trinajstić information content (AvgIpc) is 2.65. The Hall–Kier alpha value is -1.84. The van der Waals surface area contributed by atoms with Gasteiger partial charge in [-0.25, -0.2) is 4.98 Å². The first-order chi connectivity index (χ1) is 8.52. The summed E-state index contributed by atoms with van der Waals surface area (Å²) in [5, 5.41) is 8.84. The molecule has 4 nitrogen and oxygen atoms in total. The molecule has 4 heteroatoms. The third-order valence-corrected chi connectivity index (χ3v) is 3.36. The number of carboxylic acids is 1. The van der Waals surface area contributed by atoms with Crippen LogP contribution in [0.25, 0.3) is 11.0 Å². The third-order valence-electron chi connectivity index (χ3n) is 3.36. The molecule has 1 atom stereocenters. The molecule has 0 saturated carbocycles. The molecule has 0 amide bonds. The van der Waals surface area contributed by atoms with Crippen molar-refractivity contribution in [3.8, 4) is 0 Å². The molecule has 0 saturated heterocycles. The number of nitrogens with zero attached hydrogens (tertiary/aromatic N) is 2. The highest BCUT2D eigenvalue weighted by Crippen LogP contribution is 2.24. The van der Waals surface area contributed by atoms with Gasteiger partial charge in [0.25, 0.3) is 0 Å². The number of carboxylic acid groups (broad SMARTS) is 1. The molecule has 1 aromatic carbocycles. The van der Waals surface area contributed by atoms with E-state index in [4.69, 9.17) is 5.11 Å². The van der Waals surface area contributed by atoms with Gasteiger partial charge in [-0.05, 0) is 23.6 Å². The van der Waals surface area contributed by atoms with Crippen molar-refractivity contribution in [3.63, 3.8) is 0 Å². The van der Waals surface area contributed by atoms with E-state index >= 15 is 0 Å². The zero-order valence-electron chi connectivity index (χ0n) is 11.0. The number of hydrogen-bond donors (Lipinski definition) is 1. The maximum absolute atomic E-state index is 10.7. The summed E-state index contributed by atoms with van der Waals surface area (Å²) in [4.78, 5) is 15.3. The number of imidazole rings is 1. The fourth-order valence-electron chi connectivity index (χ4n) is 2.26. The lowest BCUT2D eigenvalue weighted by atomic mass is 9.97. The molecule has 0 aliphatic rings. The van der Waals surface area contributed by atoms with E-state index in [2.05, 4.69) is 22.5 Å². The van der Waals surface area contributed by atoms with Crippen molar-refractivity contribution in [1.82, 2.24) is 9.55 Å². The summed E-state index contributed by atoms with van der Waals surface area (Å²) in [5.74, 6) is 0.307. The molecule has 1 N–H and O–H groups in total. The van der Waals surface area contributed by atoms with Crippen LogP contribution in [-0.2, 0) is 18.3 Å². The van der Waals surface area contributed by atoms with E-state index in [1.807, 2.05) is 26.1 Å². The highest BCUT2D eigenvalue weighted by molar-refractivity contribution is 5.77. The fraction of sp³-hybridized carbons (Fsp3) is 0.429. The Kier molecular flexibility index (Phi) is 3.36. The monoisotopic (exact) mass is 246 g/mol. The molecule has 1 unspecified atom stereocenters. The van der Waals surface area contributed by atoms with Gasteiger partial charge in [0.2, 0.25) is 0 Å². The molecule has 18 heavy (non-hydrogen) atoms. The number of rotatable bonds is 4. The Balaban J connectivity index is 2.43. The lowest BCUT2D eigenvalue weighted by Gasteiger charge is -2.09. The number of hydrogen-bond acceptors (Lipinski definition) is 2. The average molecular weight is 246 g/mol. The van der Waals surface area contributed by atoms with Gasteiger partial charge < -0.3 is 9.67 Å². The number of carbonyl (C=O) groups is 1. The van der Waals surface area contributed by atoms with Crippen LogP contribution in [0.5, 0.6) is 0 Å². The van der Waals surface area contributed by atoms with Gasteiger partial charge in [-0.15, -0.1) is 0 Å². The summed E-state index contributed by atoms with van der Waals surface area (Å²) >= 11 is 0. The molecular formula is C14H18N2O2. The molecule has 1 heterocycles. The highest BCUT2D eigenvalue weighted by Gasteiger charge is 2.13. The van der Waals surface area contributed by atoms with E-state index in [1.165, 1.54) is 0 Å². The number of fused-ring (bicyclic) bond motifs is 1. The second-order valence-corrected chi connectivity index (χ2v) is 4.69. The first-order valence-electron chi connectivity index (χ1n) is 6.20. The van der Waals surface area contributed by atoms with Gasteiger partial charge in [-0.3, -0.25) is 4.79 Å². The first kappa shape index (κ1) is 12.6. The molecular weight excluding hydrogens is 228 g/mol. The minimum atomic E-state index is -0.762. The van der Waals surface area contributed by atoms with Gasteiger partial charge in [-0.1, -0.05) is 19.9 Å². The van der Waals surface area contributed by atoms with Crippen LogP contribution in [-0.4, -0.2) is 20.6 Å². The summed E-state index contributed by atoms with van der Waals surface area (Å²) in [5.41, 5.74) is 3.10. The summed E-state index contributed by atoms with van der Waals surface area (Å²) in [6.45, 7) is 4.02. The molecule has 2 rings (SSSR count). The van der Waals surface area contributed by atoms with Gasteiger partial charge in [0.05, 0.1) is 17.5 Å². The fourth-order valence-corrected chi connectivity index (χ4v) is 2.26. The van der Waals surface area contributed by atoms with Crippen LogP contribution in [0.3, 0.4) is 0 Å². The van der Waals surface area contributed by atoms with Crippen molar-refractivity contribution >= 4 is 17.0 Å². The van der Waals surface area contributed by atoms with Gasteiger partial charge in [0.15, 0.2) is 0 Å². The predicted octanol–water partition coefficient (Wildman–Crippen LogP) is 2.71. The molecule has 0 radical (unpaired) electrons. The lowest BCUT2D eigenvalue weighted by molar-refractivity contribution is -0.137. The molecule has 0 aliphatic carbocycles. The highest BCUT2D eigenvalue weighted by atomic mass is 16.4. The lowest BCUT2D eigenvalue weighted by Crippen LogP contribution is -2.03. The number of aromatic nitrogens is 2. The van der Waals surface area contributed by atoms with Gasteiger partial charge in [-0.2, -0.15) is 0 Å². The zero-order chi connectivity index (χ0) is 13.3. The van der Waals surface area contributed by atoms with Gasteiger partial charge in [0.1, 0.15) is 5.82 Å². The zero-order valence-corrected chi connectivity index (χ0v) is 11.0. The van der Waals surface area contributed by atoms with Crippen molar-refractivity contribution in [2.45, 2.75) is 32.6 Å². The van der Waals surface area contributed by atoms with E-state index < -0.39 is 5.97 Å². The molecule has 0 spiro atoms. The predicted molar refractivity (Wildman–Crippen MR) is 70.8 cm³/mol. The van der Waals surface area contributed by atoms with Crippen molar-refractivity contribution in [1.29, 1.82) is 0 Å². The van der Waals surface area contributed by atoms with Crippen LogP contribution in [0.2, 0.25) is 0 Å². The van der Waals surface area contributed by atoms with E-state index in [1.54, 1.807) is 0 Å². The minimum Gasteiger partial charge on any atom is -0.481 e. The molecule has 0 aliphatic heterocycles. The Morgan fingerprint density at radius 2 is 2.22 bits per heavy atom. The molecule has 0 fully saturated rings. The summed E-state index contributed by atoms with van der Waals surface area (Å²) in [7, 11) is 2.00. The van der Waals surface area contributed by atoms with Crippen molar-refractivity contribution < 1.29 is 9.90 Å². The van der Waals surface area contributed by atoms with Gasteiger partial charge >= 0.3 is 5.97 Å². The quantitative estimate of drug-likeness (QED) is 0.902. The molecule has 0 bridgehead atoms. The van der Waals surface area contributed by atoms with E-state index in [9.17, 15) is 4.79 Å².